The van der Waals surface area contributed by atoms with E-state index in [2.05, 4.69) is 150 Å². The van der Waals surface area contributed by atoms with E-state index in [1.165, 1.54) is 22.4 Å². The Hall–Kier alpha value is -6.51. The first-order valence-corrected chi connectivity index (χ1v) is 19.5. The number of hydrogen-bond donors (Lipinski definition) is 0. The van der Waals surface area contributed by atoms with Gasteiger partial charge in [-0.25, -0.2) is 0 Å². The van der Waals surface area contributed by atoms with Crippen molar-refractivity contribution in [3.8, 4) is 17.2 Å². The lowest BCUT2D eigenvalue weighted by Crippen LogP contribution is -2.32. The van der Waals surface area contributed by atoms with Gasteiger partial charge in [0.1, 0.15) is 29.1 Å². The number of fused-ring (bicyclic) bond motifs is 12. The Morgan fingerprint density at radius 1 is 0.673 bits per heavy atom. The van der Waals surface area contributed by atoms with Crippen LogP contribution >= 0.6 is 0 Å². The molecular formula is C50H37N3O2. The molecule has 3 aliphatic carbocycles. The summed E-state index contributed by atoms with van der Waals surface area (Å²) in [5.41, 5.74) is 12.8. The largest absolute Gasteiger partial charge is 0.486 e. The summed E-state index contributed by atoms with van der Waals surface area (Å²) in [4.78, 5) is 4.98. The van der Waals surface area contributed by atoms with E-state index in [-0.39, 0.29) is 30.0 Å². The van der Waals surface area contributed by atoms with Gasteiger partial charge in [-0.1, -0.05) is 110 Å². The number of allylic oxidation sites excluding steroid dienone is 4. The van der Waals surface area contributed by atoms with Gasteiger partial charge < -0.3 is 19.0 Å². The van der Waals surface area contributed by atoms with Crippen LogP contribution < -0.4 is 9.80 Å². The first-order valence-electron chi connectivity index (χ1n) is 19.5. The van der Waals surface area contributed by atoms with Gasteiger partial charge in [-0.3, -0.25) is 0 Å². The van der Waals surface area contributed by atoms with Crippen molar-refractivity contribution in [2.75, 3.05) is 9.80 Å². The Bertz CT molecular complexity index is 2830. The fourth-order valence-corrected chi connectivity index (χ4v) is 10.7. The van der Waals surface area contributed by atoms with Crippen molar-refractivity contribution >= 4 is 44.7 Å². The van der Waals surface area contributed by atoms with Crippen molar-refractivity contribution < 1.29 is 9.15 Å². The molecule has 5 aromatic carbocycles. The van der Waals surface area contributed by atoms with Gasteiger partial charge in [-0.05, 0) is 77.6 Å². The van der Waals surface area contributed by atoms with Crippen molar-refractivity contribution in [1.82, 2.24) is 0 Å². The first-order chi connectivity index (χ1) is 27.2. The number of anilines is 4. The van der Waals surface area contributed by atoms with Crippen LogP contribution in [-0.4, -0.2) is 18.2 Å². The highest BCUT2D eigenvalue weighted by molar-refractivity contribution is 6.08. The van der Waals surface area contributed by atoms with E-state index in [1.54, 1.807) is 0 Å². The molecule has 6 aromatic rings. The Balaban J connectivity index is 1.06. The van der Waals surface area contributed by atoms with Gasteiger partial charge in [-0.15, -0.1) is 0 Å². The highest BCUT2D eigenvalue weighted by Crippen LogP contribution is 2.57. The van der Waals surface area contributed by atoms with Crippen LogP contribution in [0.15, 0.2) is 167 Å². The molecule has 1 saturated heterocycles. The predicted octanol–water partition coefficient (Wildman–Crippen LogP) is 11.9. The van der Waals surface area contributed by atoms with Crippen molar-refractivity contribution in [2.45, 2.75) is 43.4 Å². The number of ether oxygens (including phenoxy) is 1. The number of para-hydroxylation sites is 4. The summed E-state index contributed by atoms with van der Waals surface area (Å²) in [7, 11) is 0. The normalized spacial score (nSPS) is 26.4. The topological polar surface area (TPSA) is 52.6 Å². The zero-order chi connectivity index (χ0) is 36.4. The van der Waals surface area contributed by atoms with Crippen molar-refractivity contribution in [3.63, 3.8) is 0 Å². The molecule has 1 fully saturated rings. The van der Waals surface area contributed by atoms with E-state index in [0.29, 0.717) is 17.4 Å². The van der Waals surface area contributed by atoms with E-state index in [4.69, 9.17) is 9.15 Å². The first kappa shape index (κ1) is 30.9. The maximum atomic E-state index is 10.9. The van der Waals surface area contributed by atoms with Crippen LogP contribution in [0.3, 0.4) is 0 Å². The number of furan rings is 1. The van der Waals surface area contributed by atoms with Gasteiger partial charge in [0.05, 0.1) is 23.3 Å². The second-order valence-corrected chi connectivity index (χ2v) is 15.8. The highest BCUT2D eigenvalue weighted by Gasteiger charge is 2.48. The molecule has 0 N–H and O–H groups in total. The second kappa shape index (κ2) is 11.5. The summed E-state index contributed by atoms with van der Waals surface area (Å²) in [6.07, 6.45) is 19.5. The fourth-order valence-electron chi connectivity index (χ4n) is 10.7. The lowest BCUT2D eigenvalue weighted by molar-refractivity contribution is 0.145. The number of rotatable bonds is 3. The average molecular weight is 712 g/mol. The minimum absolute atomic E-state index is 0.00276. The van der Waals surface area contributed by atoms with Crippen molar-refractivity contribution in [2.24, 2.45) is 11.8 Å². The summed E-state index contributed by atoms with van der Waals surface area (Å²) in [6, 6.07) is 39.4. The molecule has 3 aliphatic heterocycles. The number of nitrogens with zero attached hydrogens (tertiary/aromatic N) is 3. The third-order valence-electron chi connectivity index (χ3n) is 13.0. The monoisotopic (exact) mass is 711 g/mol. The molecule has 0 amide bonds. The van der Waals surface area contributed by atoms with Gasteiger partial charge in [0.2, 0.25) is 0 Å². The third-order valence-corrected chi connectivity index (χ3v) is 13.0. The van der Waals surface area contributed by atoms with Gasteiger partial charge in [0.25, 0.3) is 0 Å². The van der Waals surface area contributed by atoms with E-state index < -0.39 is 0 Å². The summed E-state index contributed by atoms with van der Waals surface area (Å²) in [5, 5.41) is 13.1. The van der Waals surface area contributed by atoms with Crippen LogP contribution in [0.2, 0.25) is 0 Å². The number of nitriles is 1. The number of hydrogen-bond acceptors (Lipinski definition) is 5. The summed E-state index contributed by atoms with van der Waals surface area (Å²) < 4.78 is 13.1. The van der Waals surface area contributed by atoms with E-state index in [9.17, 15) is 5.26 Å². The molecule has 0 radical (unpaired) electrons. The lowest BCUT2D eigenvalue weighted by Gasteiger charge is -2.35. The predicted molar refractivity (Wildman–Crippen MR) is 220 cm³/mol. The quantitative estimate of drug-likeness (QED) is 0.171. The van der Waals surface area contributed by atoms with E-state index >= 15 is 0 Å². The van der Waals surface area contributed by atoms with Crippen LogP contribution in [0.1, 0.15) is 41.9 Å². The third kappa shape index (κ3) is 4.28. The number of benzene rings is 5. The molecule has 0 spiro atoms. The van der Waals surface area contributed by atoms with Gasteiger partial charge in [0.15, 0.2) is 0 Å². The van der Waals surface area contributed by atoms with Gasteiger partial charge >= 0.3 is 0 Å². The molecule has 0 saturated carbocycles. The molecule has 55 heavy (non-hydrogen) atoms. The zero-order valence-corrected chi connectivity index (χ0v) is 30.3. The molecule has 6 aliphatic rings. The van der Waals surface area contributed by atoms with E-state index in [0.717, 1.165) is 62.3 Å². The Labute approximate surface area is 320 Å². The Morgan fingerprint density at radius 2 is 1.49 bits per heavy atom. The molecular weight excluding hydrogens is 675 g/mol. The van der Waals surface area contributed by atoms with Gasteiger partial charge in [-0.2, -0.15) is 5.26 Å². The summed E-state index contributed by atoms with van der Waals surface area (Å²) >= 11 is 0. The highest BCUT2D eigenvalue weighted by atomic mass is 16.5. The summed E-state index contributed by atoms with van der Waals surface area (Å²) in [6.45, 7) is 2.35. The lowest BCUT2D eigenvalue weighted by atomic mass is 9.75. The molecule has 5 unspecified atom stereocenters. The molecule has 0 bridgehead atoms. The van der Waals surface area contributed by atoms with Crippen molar-refractivity contribution in [1.29, 1.82) is 5.26 Å². The maximum absolute atomic E-state index is 10.9. The van der Waals surface area contributed by atoms with Crippen LogP contribution in [0.25, 0.3) is 33.1 Å². The smallest absolute Gasteiger partial charge is 0.135 e. The minimum Gasteiger partial charge on any atom is -0.486 e. The van der Waals surface area contributed by atoms with E-state index in [1.807, 2.05) is 24.3 Å². The van der Waals surface area contributed by atoms with Gasteiger partial charge in [0, 0.05) is 56.7 Å². The second-order valence-electron chi connectivity index (χ2n) is 15.8. The molecule has 5 nitrogen and oxygen atoms in total. The maximum Gasteiger partial charge on any atom is 0.135 e. The fraction of sp³-hybridized carbons (Fsp3) is 0.180. The SMILES string of the molecule is C[C@@H]1CC=C[C@@H]2OC3=CC4c5ccccc5N(c5c(C#N)cccc5-c5ccccc5N5c6cc7c(cc6C6C=CC=CC65)oc5ccccc57)C4C=C3C12. The standard InChI is InChI=1S/C50H37N3O2/c1-29-12-10-23-46-49(29)39-25-44-37(27-48(39)55-46)33-16-4-8-21-42(33)53(44)50-30(28-51)13-11-18-35(50)31-14-2-6-19-40(31)52-41-20-7-3-15-32(41)36-26-47-38(24-43(36)52)34-17-5-9-22-45(34)54-47/h2-11,13-27,29,32,37,41,44,46,49H,12H2,1H3/t29-,32?,37?,41?,44?,46+,49?/m1/s1. The Kier molecular flexibility index (Phi) is 6.46. The summed E-state index contributed by atoms with van der Waals surface area (Å²) in [5.74, 6) is 2.12. The van der Waals surface area contributed by atoms with Crippen LogP contribution in [0.4, 0.5) is 22.7 Å². The molecule has 5 heteroatoms. The minimum atomic E-state index is 0.00276. The van der Waals surface area contributed by atoms with Crippen molar-refractivity contribution in [3.05, 3.63) is 180 Å². The molecule has 7 atom stereocenters. The average Bonchev–Trinajstić information content (AvgIpc) is 3.96. The zero-order valence-electron chi connectivity index (χ0n) is 30.3. The molecule has 1 aromatic heterocycles. The van der Waals surface area contributed by atoms with Crippen LogP contribution in [-0.2, 0) is 4.74 Å². The van der Waals surface area contributed by atoms with Crippen LogP contribution in [0, 0.1) is 23.2 Å². The molecule has 4 heterocycles. The molecule has 12 rings (SSSR count). The van der Waals surface area contributed by atoms with Crippen LogP contribution in [0.5, 0.6) is 0 Å². The molecule has 264 valence electrons. The Morgan fingerprint density at radius 3 is 2.42 bits per heavy atom.